The number of aromatic hydroxyl groups is 1. The number of esters is 1. The van der Waals surface area contributed by atoms with Gasteiger partial charge in [-0.2, -0.15) is 0 Å². The van der Waals surface area contributed by atoms with Gasteiger partial charge in [-0.05, 0) is 41.5 Å². The molecule has 0 radical (unpaired) electrons. The van der Waals surface area contributed by atoms with Crippen molar-refractivity contribution in [2.75, 3.05) is 6.61 Å². The maximum absolute atomic E-state index is 12.2. The second-order valence-electron chi connectivity index (χ2n) is 7.53. The van der Waals surface area contributed by atoms with Crippen LogP contribution in [-0.2, 0) is 25.4 Å². The van der Waals surface area contributed by atoms with E-state index in [1.807, 2.05) is 27.7 Å². The Morgan fingerprint density at radius 1 is 1.31 bits per heavy atom. The average Bonchev–Trinajstić information content (AvgIpc) is 2.76. The third kappa shape index (κ3) is 3.87. The van der Waals surface area contributed by atoms with E-state index in [4.69, 9.17) is 14.0 Å². The summed E-state index contributed by atoms with van der Waals surface area (Å²) in [6.45, 7) is 11.0. The van der Waals surface area contributed by atoms with Gasteiger partial charge < -0.3 is 24.3 Å². The molecule has 144 valence electrons. The highest BCUT2D eigenvalue weighted by atomic mass is 16.7. The van der Waals surface area contributed by atoms with Crippen LogP contribution in [0.5, 0.6) is 5.75 Å². The van der Waals surface area contributed by atoms with Gasteiger partial charge in [-0.25, -0.2) is 0 Å². The Labute approximate surface area is 154 Å². The van der Waals surface area contributed by atoms with E-state index in [1.165, 1.54) is 6.20 Å². The van der Waals surface area contributed by atoms with Gasteiger partial charge >= 0.3 is 13.1 Å². The van der Waals surface area contributed by atoms with Crippen molar-refractivity contribution in [3.8, 4) is 5.75 Å². The standard InChI is InChI=1S/C18H28BNO6/c1-7-24-14(22)8-13(19-25-17(3,4)18(5,6)26-19)15-12(10-21)9-20-11(2)16(15)23/h9,13,21,23H,7-8,10H2,1-6H3. The number of hydrogen-bond donors (Lipinski definition) is 2. The molecule has 7 nitrogen and oxygen atoms in total. The molecule has 1 aliphatic rings. The summed E-state index contributed by atoms with van der Waals surface area (Å²) in [6, 6.07) is 0. The molecule has 0 spiro atoms. The molecule has 2 heterocycles. The number of aryl methyl sites for hydroxylation is 1. The van der Waals surface area contributed by atoms with E-state index < -0.39 is 30.1 Å². The molecule has 2 N–H and O–H groups in total. The minimum Gasteiger partial charge on any atom is -0.506 e. The SMILES string of the molecule is CCOC(=O)CC(B1OC(C)(C)C(C)(C)O1)c1c(CO)cnc(C)c1O. The Morgan fingerprint density at radius 2 is 1.88 bits per heavy atom. The lowest BCUT2D eigenvalue weighted by atomic mass is 9.65. The Balaban J connectivity index is 2.50. The van der Waals surface area contributed by atoms with Gasteiger partial charge in [0.1, 0.15) is 5.75 Å². The van der Waals surface area contributed by atoms with Gasteiger partial charge in [0.2, 0.25) is 0 Å². The second kappa shape index (κ2) is 7.54. The van der Waals surface area contributed by atoms with Crippen LogP contribution in [0.4, 0.5) is 0 Å². The second-order valence-corrected chi connectivity index (χ2v) is 7.53. The third-order valence-electron chi connectivity index (χ3n) is 5.19. The maximum atomic E-state index is 12.2. The summed E-state index contributed by atoms with van der Waals surface area (Å²) in [5.74, 6) is -1.13. The van der Waals surface area contributed by atoms with E-state index in [1.54, 1.807) is 13.8 Å². The Bertz CT molecular complexity index is 660. The largest absolute Gasteiger partial charge is 0.506 e. The Morgan fingerprint density at radius 3 is 2.38 bits per heavy atom. The van der Waals surface area contributed by atoms with Gasteiger partial charge in [0.15, 0.2) is 0 Å². The summed E-state index contributed by atoms with van der Waals surface area (Å²) in [5.41, 5.74) is 0.0507. The van der Waals surface area contributed by atoms with Crippen LogP contribution in [0, 0.1) is 6.92 Å². The molecular weight excluding hydrogens is 337 g/mol. The fourth-order valence-corrected chi connectivity index (χ4v) is 2.98. The zero-order valence-corrected chi connectivity index (χ0v) is 16.3. The van der Waals surface area contributed by atoms with Crippen molar-refractivity contribution in [2.45, 2.75) is 71.6 Å². The topological polar surface area (TPSA) is 98.1 Å². The number of aromatic nitrogens is 1. The number of pyridine rings is 1. The van der Waals surface area contributed by atoms with Crippen molar-refractivity contribution in [2.24, 2.45) is 0 Å². The van der Waals surface area contributed by atoms with Gasteiger partial charge in [0.05, 0.1) is 36.5 Å². The molecule has 1 aromatic rings. The fourth-order valence-electron chi connectivity index (χ4n) is 2.98. The molecule has 0 aromatic carbocycles. The first kappa shape index (κ1) is 20.7. The molecule has 0 saturated carbocycles. The lowest BCUT2D eigenvalue weighted by Crippen LogP contribution is -2.41. The highest BCUT2D eigenvalue weighted by Gasteiger charge is 2.55. The summed E-state index contributed by atoms with van der Waals surface area (Å²) in [6.07, 6.45) is 1.45. The van der Waals surface area contributed by atoms with Crippen molar-refractivity contribution in [3.05, 3.63) is 23.0 Å². The summed E-state index contributed by atoms with van der Waals surface area (Å²) < 4.78 is 17.3. The summed E-state index contributed by atoms with van der Waals surface area (Å²) in [5, 5.41) is 20.3. The lowest BCUT2D eigenvalue weighted by Gasteiger charge is -2.32. The van der Waals surface area contributed by atoms with Crippen LogP contribution in [0.1, 0.15) is 63.7 Å². The molecule has 1 saturated heterocycles. The number of aliphatic hydroxyl groups excluding tert-OH is 1. The van der Waals surface area contributed by atoms with E-state index in [9.17, 15) is 15.0 Å². The van der Waals surface area contributed by atoms with Gasteiger partial charge in [-0.1, -0.05) is 0 Å². The summed E-state index contributed by atoms with van der Waals surface area (Å²) in [7, 11) is -0.776. The van der Waals surface area contributed by atoms with Crippen molar-refractivity contribution in [3.63, 3.8) is 0 Å². The molecule has 1 aromatic heterocycles. The monoisotopic (exact) mass is 365 g/mol. The van der Waals surface area contributed by atoms with Crippen LogP contribution >= 0.6 is 0 Å². The number of ether oxygens (including phenoxy) is 1. The third-order valence-corrected chi connectivity index (χ3v) is 5.19. The Kier molecular flexibility index (Phi) is 6.00. The van der Waals surface area contributed by atoms with E-state index in [2.05, 4.69) is 4.98 Å². The Hall–Kier alpha value is -1.64. The van der Waals surface area contributed by atoms with E-state index >= 15 is 0 Å². The maximum Gasteiger partial charge on any atom is 0.466 e. The average molecular weight is 365 g/mol. The van der Waals surface area contributed by atoms with E-state index in [0.29, 0.717) is 16.8 Å². The number of rotatable bonds is 6. The molecule has 1 fully saturated rings. The van der Waals surface area contributed by atoms with E-state index in [-0.39, 0.29) is 25.4 Å². The van der Waals surface area contributed by atoms with Crippen molar-refractivity contribution in [1.29, 1.82) is 0 Å². The first-order valence-corrected chi connectivity index (χ1v) is 8.83. The first-order valence-electron chi connectivity index (χ1n) is 8.83. The number of carbonyl (C=O) groups is 1. The minimum absolute atomic E-state index is 0.0469. The molecular formula is C18H28BNO6. The molecule has 0 aliphatic carbocycles. The van der Waals surface area contributed by atoms with Crippen LogP contribution in [-0.4, -0.2) is 46.1 Å². The van der Waals surface area contributed by atoms with Crippen molar-refractivity contribution >= 4 is 13.1 Å². The molecule has 0 amide bonds. The van der Waals surface area contributed by atoms with Crippen LogP contribution in [0.15, 0.2) is 6.20 Å². The normalized spacial score (nSPS) is 19.4. The minimum atomic E-state index is -0.776. The highest BCUT2D eigenvalue weighted by Crippen LogP contribution is 2.44. The highest BCUT2D eigenvalue weighted by molar-refractivity contribution is 6.48. The fraction of sp³-hybridized carbons (Fsp3) is 0.667. The molecule has 1 aliphatic heterocycles. The smallest absolute Gasteiger partial charge is 0.466 e. The van der Waals surface area contributed by atoms with Gasteiger partial charge in [-0.3, -0.25) is 9.78 Å². The molecule has 26 heavy (non-hydrogen) atoms. The van der Waals surface area contributed by atoms with Crippen molar-refractivity contribution < 1.29 is 29.1 Å². The van der Waals surface area contributed by atoms with Crippen LogP contribution in [0.2, 0.25) is 0 Å². The van der Waals surface area contributed by atoms with E-state index in [0.717, 1.165) is 0 Å². The van der Waals surface area contributed by atoms with Gasteiger partial charge in [0.25, 0.3) is 0 Å². The number of aliphatic hydroxyl groups is 1. The molecule has 2 rings (SSSR count). The molecule has 0 bridgehead atoms. The lowest BCUT2D eigenvalue weighted by molar-refractivity contribution is -0.143. The van der Waals surface area contributed by atoms with Crippen LogP contribution in [0.25, 0.3) is 0 Å². The van der Waals surface area contributed by atoms with Gasteiger partial charge in [0, 0.05) is 23.1 Å². The van der Waals surface area contributed by atoms with Crippen molar-refractivity contribution in [1.82, 2.24) is 4.98 Å². The zero-order valence-electron chi connectivity index (χ0n) is 16.3. The number of hydrogen-bond acceptors (Lipinski definition) is 7. The van der Waals surface area contributed by atoms with Crippen LogP contribution < -0.4 is 0 Å². The predicted octanol–water partition coefficient (Wildman–Crippen LogP) is 2.26. The zero-order chi connectivity index (χ0) is 19.7. The predicted molar refractivity (Wildman–Crippen MR) is 96.6 cm³/mol. The number of carbonyl (C=O) groups excluding carboxylic acids is 1. The first-order chi connectivity index (χ1) is 12.0. The molecule has 8 heteroatoms. The van der Waals surface area contributed by atoms with Gasteiger partial charge in [-0.15, -0.1) is 0 Å². The number of nitrogens with zero attached hydrogens (tertiary/aromatic N) is 1. The summed E-state index contributed by atoms with van der Waals surface area (Å²) >= 11 is 0. The summed E-state index contributed by atoms with van der Waals surface area (Å²) in [4.78, 5) is 16.3. The quantitative estimate of drug-likeness (QED) is 0.589. The molecule has 1 unspecified atom stereocenters. The van der Waals surface area contributed by atoms with Crippen LogP contribution in [0.3, 0.4) is 0 Å². The molecule has 1 atom stereocenters.